The molecule has 2 aromatic rings. The SMILES string of the molecule is Nc1nccc2cc(Cl)cc(F)c12. The standard InChI is InChI=1S/C9H6ClFN2/c10-6-3-5-1-2-13-9(12)8(5)7(11)4-6/h1-4H,(H2,12,13). The van der Waals surface area contributed by atoms with Crippen molar-refractivity contribution in [3.05, 3.63) is 35.2 Å². The minimum atomic E-state index is -0.437. The molecule has 1 heterocycles. The largest absolute Gasteiger partial charge is 0.383 e. The third-order valence-electron chi connectivity index (χ3n) is 1.81. The predicted octanol–water partition coefficient (Wildman–Crippen LogP) is 2.61. The molecule has 4 heteroatoms. The van der Waals surface area contributed by atoms with Gasteiger partial charge in [0.1, 0.15) is 11.6 Å². The van der Waals surface area contributed by atoms with Gasteiger partial charge in [-0.15, -0.1) is 0 Å². The zero-order valence-corrected chi connectivity index (χ0v) is 7.35. The summed E-state index contributed by atoms with van der Waals surface area (Å²) in [7, 11) is 0. The molecule has 66 valence electrons. The van der Waals surface area contributed by atoms with Gasteiger partial charge in [-0.25, -0.2) is 9.37 Å². The number of pyridine rings is 1. The molecule has 0 bridgehead atoms. The Balaban J connectivity index is 2.94. The summed E-state index contributed by atoms with van der Waals surface area (Å²) in [6.45, 7) is 0. The Labute approximate surface area is 79.1 Å². The summed E-state index contributed by atoms with van der Waals surface area (Å²) in [5, 5.41) is 1.35. The topological polar surface area (TPSA) is 38.9 Å². The molecule has 13 heavy (non-hydrogen) atoms. The van der Waals surface area contributed by atoms with Crippen LogP contribution in [0.5, 0.6) is 0 Å². The maximum absolute atomic E-state index is 13.3. The minimum absolute atomic E-state index is 0.187. The fraction of sp³-hybridized carbons (Fsp3) is 0. The summed E-state index contributed by atoms with van der Waals surface area (Å²) in [6, 6.07) is 4.54. The molecule has 2 rings (SSSR count). The molecule has 0 fully saturated rings. The normalized spacial score (nSPS) is 10.6. The highest BCUT2D eigenvalue weighted by Gasteiger charge is 2.05. The van der Waals surface area contributed by atoms with Crippen molar-refractivity contribution >= 4 is 28.2 Å². The van der Waals surface area contributed by atoms with Gasteiger partial charge in [-0.2, -0.15) is 0 Å². The Morgan fingerprint density at radius 1 is 1.38 bits per heavy atom. The molecule has 0 unspecified atom stereocenters. The van der Waals surface area contributed by atoms with E-state index in [9.17, 15) is 4.39 Å². The number of hydrogen-bond acceptors (Lipinski definition) is 2. The van der Waals surface area contributed by atoms with E-state index in [2.05, 4.69) is 4.98 Å². The summed E-state index contributed by atoms with van der Waals surface area (Å²) >= 11 is 5.68. The maximum atomic E-state index is 13.3. The van der Waals surface area contributed by atoms with Gasteiger partial charge >= 0.3 is 0 Å². The Morgan fingerprint density at radius 3 is 2.92 bits per heavy atom. The second-order valence-corrected chi connectivity index (χ2v) is 3.12. The van der Waals surface area contributed by atoms with E-state index < -0.39 is 5.82 Å². The van der Waals surface area contributed by atoms with Crippen molar-refractivity contribution < 1.29 is 4.39 Å². The van der Waals surface area contributed by atoms with Gasteiger partial charge in [0.25, 0.3) is 0 Å². The molecule has 2 nitrogen and oxygen atoms in total. The van der Waals surface area contributed by atoms with Crippen molar-refractivity contribution in [3.8, 4) is 0 Å². The van der Waals surface area contributed by atoms with Crippen molar-refractivity contribution in [2.75, 3.05) is 5.73 Å². The van der Waals surface area contributed by atoms with Crippen LogP contribution in [0.15, 0.2) is 24.4 Å². The molecule has 0 aliphatic carbocycles. The van der Waals surface area contributed by atoms with Crippen LogP contribution in [0.4, 0.5) is 10.2 Å². The second kappa shape index (κ2) is 2.85. The lowest BCUT2D eigenvalue weighted by Crippen LogP contribution is -1.93. The molecular weight excluding hydrogens is 191 g/mol. The van der Waals surface area contributed by atoms with Crippen molar-refractivity contribution in [1.82, 2.24) is 4.98 Å². The van der Waals surface area contributed by atoms with Crippen LogP contribution in [-0.2, 0) is 0 Å². The third kappa shape index (κ3) is 1.31. The first-order chi connectivity index (χ1) is 6.18. The van der Waals surface area contributed by atoms with Crippen molar-refractivity contribution in [1.29, 1.82) is 0 Å². The van der Waals surface area contributed by atoms with E-state index in [1.807, 2.05) is 0 Å². The fourth-order valence-electron chi connectivity index (χ4n) is 1.26. The van der Waals surface area contributed by atoms with Crippen LogP contribution < -0.4 is 5.73 Å². The van der Waals surface area contributed by atoms with Gasteiger partial charge in [0.2, 0.25) is 0 Å². The number of nitrogens with zero attached hydrogens (tertiary/aromatic N) is 1. The first-order valence-electron chi connectivity index (χ1n) is 3.68. The Bertz CT molecular complexity index is 470. The molecule has 1 aromatic heterocycles. The average Bonchev–Trinajstić information content (AvgIpc) is 2.02. The van der Waals surface area contributed by atoms with Crippen LogP contribution >= 0.6 is 11.6 Å². The third-order valence-corrected chi connectivity index (χ3v) is 2.03. The van der Waals surface area contributed by atoms with E-state index in [0.717, 1.165) is 0 Å². The molecular formula is C9H6ClFN2. The second-order valence-electron chi connectivity index (χ2n) is 2.68. The summed E-state index contributed by atoms with van der Waals surface area (Å²) in [4.78, 5) is 3.79. The summed E-state index contributed by atoms with van der Waals surface area (Å²) in [5.41, 5.74) is 5.51. The van der Waals surface area contributed by atoms with E-state index in [4.69, 9.17) is 17.3 Å². The zero-order valence-electron chi connectivity index (χ0n) is 6.59. The minimum Gasteiger partial charge on any atom is -0.383 e. The Morgan fingerprint density at radius 2 is 2.15 bits per heavy atom. The van der Waals surface area contributed by atoms with Crippen LogP contribution in [0.1, 0.15) is 0 Å². The monoisotopic (exact) mass is 196 g/mol. The number of fused-ring (bicyclic) bond motifs is 1. The number of nitrogen functional groups attached to an aromatic ring is 1. The lowest BCUT2D eigenvalue weighted by Gasteiger charge is -2.02. The molecule has 0 aliphatic rings. The highest BCUT2D eigenvalue weighted by molar-refractivity contribution is 6.31. The number of halogens is 2. The first-order valence-corrected chi connectivity index (χ1v) is 4.05. The zero-order chi connectivity index (χ0) is 9.42. The van der Waals surface area contributed by atoms with Crippen LogP contribution in [0.25, 0.3) is 10.8 Å². The molecule has 0 atom stereocenters. The number of benzene rings is 1. The van der Waals surface area contributed by atoms with Gasteiger partial charge < -0.3 is 5.73 Å². The number of aromatic nitrogens is 1. The smallest absolute Gasteiger partial charge is 0.136 e. The van der Waals surface area contributed by atoms with Gasteiger partial charge in [0, 0.05) is 11.2 Å². The summed E-state index contributed by atoms with van der Waals surface area (Å²) < 4.78 is 13.3. The number of anilines is 1. The highest BCUT2D eigenvalue weighted by Crippen LogP contribution is 2.25. The number of rotatable bonds is 0. The van der Waals surface area contributed by atoms with E-state index >= 15 is 0 Å². The lowest BCUT2D eigenvalue weighted by molar-refractivity contribution is 0.640. The van der Waals surface area contributed by atoms with Gasteiger partial charge in [-0.05, 0) is 23.6 Å². The van der Waals surface area contributed by atoms with E-state index in [1.54, 1.807) is 12.1 Å². The Kier molecular flexibility index (Phi) is 1.81. The Hall–Kier alpha value is -1.35. The first kappa shape index (κ1) is 8.26. The molecule has 2 N–H and O–H groups in total. The van der Waals surface area contributed by atoms with Gasteiger partial charge in [0.15, 0.2) is 0 Å². The molecule has 0 amide bonds. The molecule has 1 aromatic carbocycles. The number of hydrogen-bond donors (Lipinski definition) is 1. The van der Waals surface area contributed by atoms with Gasteiger partial charge in [-0.3, -0.25) is 0 Å². The molecule has 0 saturated heterocycles. The lowest BCUT2D eigenvalue weighted by atomic mass is 10.1. The average molecular weight is 197 g/mol. The van der Waals surface area contributed by atoms with E-state index in [-0.39, 0.29) is 5.82 Å². The molecule has 0 radical (unpaired) electrons. The van der Waals surface area contributed by atoms with Crippen LogP contribution in [-0.4, -0.2) is 4.98 Å². The van der Waals surface area contributed by atoms with Crippen LogP contribution in [0.2, 0.25) is 5.02 Å². The van der Waals surface area contributed by atoms with E-state index in [0.29, 0.717) is 15.8 Å². The molecule has 0 saturated carbocycles. The van der Waals surface area contributed by atoms with Gasteiger partial charge in [0.05, 0.1) is 5.39 Å². The predicted molar refractivity (Wildman–Crippen MR) is 51.1 cm³/mol. The highest BCUT2D eigenvalue weighted by atomic mass is 35.5. The maximum Gasteiger partial charge on any atom is 0.136 e. The quantitative estimate of drug-likeness (QED) is 0.704. The van der Waals surface area contributed by atoms with Crippen LogP contribution in [0.3, 0.4) is 0 Å². The van der Waals surface area contributed by atoms with Crippen molar-refractivity contribution in [2.45, 2.75) is 0 Å². The van der Waals surface area contributed by atoms with Gasteiger partial charge in [-0.1, -0.05) is 11.6 Å². The van der Waals surface area contributed by atoms with Crippen molar-refractivity contribution in [2.24, 2.45) is 0 Å². The fourth-order valence-corrected chi connectivity index (χ4v) is 1.47. The summed E-state index contributed by atoms with van der Waals surface area (Å²) in [6.07, 6.45) is 1.52. The summed E-state index contributed by atoms with van der Waals surface area (Å²) in [5.74, 6) is -0.250. The van der Waals surface area contributed by atoms with E-state index in [1.165, 1.54) is 12.3 Å². The van der Waals surface area contributed by atoms with Crippen LogP contribution in [0, 0.1) is 5.82 Å². The molecule has 0 spiro atoms. The van der Waals surface area contributed by atoms with Crippen molar-refractivity contribution in [3.63, 3.8) is 0 Å². The number of nitrogens with two attached hydrogens (primary N) is 1. The molecule has 0 aliphatic heterocycles.